The van der Waals surface area contributed by atoms with Gasteiger partial charge in [-0.3, -0.25) is 0 Å². The number of nitrogens with one attached hydrogen (secondary N) is 2. The number of aromatic nitrogens is 2. The van der Waals surface area contributed by atoms with Crippen LogP contribution >= 0.6 is 0 Å². The van der Waals surface area contributed by atoms with Gasteiger partial charge in [0, 0.05) is 12.4 Å². The second-order valence-corrected chi connectivity index (χ2v) is 2.61. The fraction of sp³-hybridized carbons (Fsp3) is 0.444. The van der Waals surface area contributed by atoms with Crippen LogP contribution in [-0.4, -0.2) is 16.5 Å². The van der Waals surface area contributed by atoms with Gasteiger partial charge in [-0.2, -0.15) is 0 Å². The summed E-state index contributed by atoms with van der Waals surface area (Å²) >= 11 is 0. The van der Waals surface area contributed by atoms with E-state index in [1.54, 1.807) is 6.20 Å². The standard InChI is InChI=1S/C9H15N3/c1-3-5-8(10-4-2)9-11-6-7-12-9/h3,6-8,10H,1,4-5H2,2H3,(H,11,12). The molecule has 1 aromatic rings. The molecule has 2 N–H and O–H groups in total. The van der Waals surface area contributed by atoms with Crippen molar-refractivity contribution in [1.82, 2.24) is 15.3 Å². The molecule has 3 heteroatoms. The minimum Gasteiger partial charge on any atom is -0.347 e. The highest BCUT2D eigenvalue weighted by molar-refractivity contribution is 4.97. The van der Waals surface area contributed by atoms with Gasteiger partial charge in [0.15, 0.2) is 0 Å². The smallest absolute Gasteiger partial charge is 0.123 e. The van der Waals surface area contributed by atoms with E-state index < -0.39 is 0 Å². The SMILES string of the molecule is C=CCC(NCC)c1ncc[nH]1. The third-order valence-corrected chi connectivity index (χ3v) is 1.70. The molecular formula is C9H15N3. The molecule has 0 aromatic carbocycles. The molecule has 0 aliphatic carbocycles. The van der Waals surface area contributed by atoms with Crippen molar-refractivity contribution in [2.75, 3.05) is 6.54 Å². The summed E-state index contributed by atoms with van der Waals surface area (Å²) in [6, 6.07) is 0.280. The number of imidazole rings is 1. The van der Waals surface area contributed by atoms with Gasteiger partial charge in [-0.25, -0.2) is 4.98 Å². The molecule has 1 rings (SSSR count). The largest absolute Gasteiger partial charge is 0.347 e. The Morgan fingerprint density at radius 3 is 3.17 bits per heavy atom. The molecule has 12 heavy (non-hydrogen) atoms. The topological polar surface area (TPSA) is 40.7 Å². The van der Waals surface area contributed by atoms with Crippen LogP contribution in [0.2, 0.25) is 0 Å². The molecular weight excluding hydrogens is 150 g/mol. The lowest BCUT2D eigenvalue weighted by atomic mass is 10.2. The Kier molecular flexibility index (Phi) is 3.54. The van der Waals surface area contributed by atoms with Crippen LogP contribution in [0.5, 0.6) is 0 Å². The van der Waals surface area contributed by atoms with Crippen LogP contribution in [0.4, 0.5) is 0 Å². The van der Waals surface area contributed by atoms with E-state index in [-0.39, 0.29) is 6.04 Å². The van der Waals surface area contributed by atoms with E-state index in [4.69, 9.17) is 0 Å². The van der Waals surface area contributed by atoms with Gasteiger partial charge >= 0.3 is 0 Å². The monoisotopic (exact) mass is 165 g/mol. The van der Waals surface area contributed by atoms with Crippen molar-refractivity contribution in [3.8, 4) is 0 Å². The molecule has 1 heterocycles. The first-order valence-electron chi connectivity index (χ1n) is 4.22. The van der Waals surface area contributed by atoms with Crippen molar-refractivity contribution < 1.29 is 0 Å². The van der Waals surface area contributed by atoms with Crippen molar-refractivity contribution in [2.45, 2.75) is 19.4 Å². The zero-order valence-electron chi connectivity index (χ0n) is 7.38. The van der Waals surface area contributed by atoms with Gasteiger partial charge in [-0.1, -0.05) is 13.0 Å². The molecule has 1 atom stereocenters. The molecule has 0 bridgehead atoms. The number of aromatic amines is 1. The highest BCUT2D eigenvalue weighted by Gasteiger charge is 2.09. The molecule has 1 aromatic heterocycles. The first-order valence-corrected chi connectivity index (χ1v) is 4.22. The van der Waals surface area contributed by atoms with E-state index in [2.05, 4.69) is 28.8 Å². The van der Waals surface area contributed by atoms with Gasteiger partial charge in [-0.05, 0) is 13.0 Å². The summed E-state index contributed by atoms with van der Waals surface area (Å²) < 4.78 is 0. The summed E-state index contributed by atoms with van der Waals surface area (Å²) in [5, 5.41) is 3.32. The molecule has 66 valence electrons. The summed E-state index contributed by atoms with van der Waals surface area (Å²) in [5.41, 5.74) is 0. The third-order valence-electron chi connectivity index (χ3n) is 1.70. The highest BCUT2D eigenvalue weighted by atomic mass is 15.0. The van der Waals surface area contributed by atoms with E-state index in [1.807, 2.05) is 12.3 Å². The number of H-pyrrole nitrogens is 1. The average Bonchev–Trinajstić information content (AvgIpc) is 2.56. The molecule has 3 nitrogen and oxygen atoms in total. The van der Waals surface area contributed by atoms with E-state index in [0.29, 0.717) is 0 Å². The predicted molar refractivity (Wildman–Crippen MR) is 49.8 cm³/mol. The molecule has 0 amide bonds. The molecule has 0 radical (unpaired) electrons. The summed E-state index contributed by atoms with van der Waals surface area (Å²) in [4.78, 5) is 7.27. The first kappa shape index (κ1) is 9.00. The molecule has 0 saturated carbocycles. The maximum Gasteiger partial charge on any atom is 0.123 e. The van der Waals surface area contributed by atoms with Crippen LogP contribution in [0.25, 0.3) is 0 Å². The second kappa shape index (κ2) is 4.72. The summed E-state index contributed by atoms with van der Waals surface area (Å²) in [7, 11) is 0. The lowest BCUT2D eigenvalue weighted by Gasteiger charge is -2.12. The number of rotatable bonds is 5. The van der Waals surface area contributed by atoms with Crippen LogP contribution < -0.4 is 5.32 Å². The maximum absolute atomic E-state index is 4.19. The van der Waals surface area contributed by atoms with Gasteiger partial charge in [0.1, 0.15) is 5.82 Å². The van der Waals surface area contributed by atoms with Crippen molar-refractivity contribution in [3.05, 3.63) is 30.9 Å². The Morgan fingerprint density at radius 2 is 2.67 bits per heavy atom. The normalized spacial score (nSPS) is 12.8. The molecule has 0 aliphatic rings. The molecule has 0 fully saturated rings. The van der Waals surface area contributed by atoms with Crippen molar-refractivity contribution in [1.29, 1.82) is 0 Å². The average molecular weight is 165 g/mol. The van der Waals surface area contributed by atoms with E-state index in [9.17, 15) is 0 Å². The molecule has 0 aliphatic heterocycles. The van der Waals surface area contributed by atoms with Crippen molar-refractivity contribution in [2.24, 2.45) is 0 Å². The van der Waals surface area contributed by atoms with Crippen molar-refractivity contribution in [3.63, 3.8) is 0 Å². The van der Waals surface area contributed by atoms with Crippen LogP contribution in [0.1, 0.15) is 25.2 Å². The van der Waals surface area contributed by atoms with Gasteiger partial charge in [-0.15, -0.1) is 6.58 Å². The second-order valence-electron chi connectivity index (χ2n) is 2.61. The van der Waals surface area contributed by atoms with Gasteiger partial charge in [0.05, 0.1) is 6.04 Å². The Morgan fingerprint density at radius 1 is 1.83 bits per heavy atom. The zero-order chi connectivity index (χ0) is 8.81. The minimum atomic E-state index is 0.280. The van der Waals surface area contributed by atoms with Gasteiger partial charge < -0.3 is 10.3 Å². The van der Waals surface area contributed by atoms with Crippen LogP contribution in [0.15, 0.2) is 25.0 Å². The number of hydrogen-bond acceptors (Lipinski definition) is 2. The Bertz CT molecular complexity index is 216. The van der Waals surface area contributed by atoms with Gasteiger partial charge in [0.2, 0.25) is 0 Å². The predicted octanol–water partition coefficient (Wildman–Crippen LogP) is 1.64. The summed E-state index contributed by atoms with van der Waals surface area (Å²) in [6.45, 7) is 6.74. The Hall–Kier alpha value is -1.09. The maximum atomic E-state index is 4.19. The highest BCUT2D eigenvalue weighted by Crippen LogP contribution is 2.11. The fourth-order valence-electron chi connectivity index (χ4n) is 1.17. The number of nitrogens with zero attached hydrogens (tertiary/aromatic N) is 1. The van der Waals surface area contributed by atoms with Crippen LogP contribution in [0, 0.1) is 0 Å². The van der Waals surface area contributed by atoms with Crippen molar-refractivity contribution >= 4 is 0 Å². The molecule has 1 unspecified atom stereocenters. The van der Waals surface area contributed by atoms with E-state index in [1.165, 1.54) is 0 Å². The van der Waals surface area contributed by atoms with Gasteiger partial charge in [0.25, 0.3) is 0 Å². The first-order chi connectivity index (χ1) is 5.88. The quantitative estimate of drug-likeness (QED) is 0.651. The van der Waals surface area contributed by atoms with Crippen LogP contribution in [0.3, 0.4) is 0 Å². The van der Waals surface area contributed by atoms with E-state index in [0.717, 1.165) is 18.8 Å². The van der Waals surface area contributed by atoms with E-state index >= 15 is 0 Å². The lowest BCUT2D eigenvalue weighted by molar-refractivity contribution is 0.535. The Balaban J connectivity index is 2.59. The molecule has 0 spiro atoms. The fourth-order valence-corrected chi connectivity index (χ4v) is 1.17. The minimum absolute atomic E-state index is 0.280. The lowest BCUT2D eigenvalue weighted by Crippen LogP contribution is -2.21. The Labute approximate surface area is 72.9 Å². The third kappa shape index (κ3) is 2.20. The molecule has 0 saturated heterocycles. The summed E-state index contributed by atoms with van der Waals surface area (Å²) in [6.07, 6.45) is 6.41. The summed E-state index contributed by atoms with van der Waals surface area (Å²) in [5.74, 6) is 0.983. The zero-order valence-corrected chi connectivity index (χ0v) is 7.38. The number of hydrogen-bond donors (Lipinski definition) is 2. The van der Waals surface area contributed by atoms with Crippen LogP contribution in [-0.2, 0) is 0 Å².